The average molecular weight is 235 g/mol. The van der Waals surface area contributed by atoms with Crippen LogP contribution in [-0.2, 0) is 10.0 Å². The molecule has 5 nitrogen and oxygen atoms in total. The van der Waals surface area contributed by atoms with Crippen molar-refractivity contribution in [2.45, 2.75) is 4.90 Å². The molecule has 84 valence electrons. The summed E-state index contributed by atoms with van der Waals surface area (Å²) in [6.07, 6.45) is 0. The molecule has 0 spiro atoms. The molecular formula is C8H10FNO4S. The molecule has 2 N–H and O–H groups in total. The van der Waals surface area contributed by atoms with Crippen LogP contribution in [0.5, 0.6) is 11.5 Å². The molecule has 0 heterocycles. The van der Waals surface area contributed by atoms with Crippen LogP contribution in [0.15, 0.2) is 17.0 Å². The second-order valence-corrected chi connectivity index (χ2v) is 4.21. The van der Waals surface area contributed by atoms with Gasteiger partial charge >= 0.3 is 0 Å². The summed E-state index contributed by atoms with van der Waals surface area (Å²) >= 11 is 0. The van der Waals surface area contributed by atoms with Crippen LogP contribution in [-0.4, -0.2) is 22.6 Å². The Kier molecular flexibility index (Phi) is 3.15. The van der Waals surface area contributed by atoms with Crippen LogP contribution >= 0.6 is 0 Å². The molecule has 0 saturated heterocycles. The number of rotatable bonds is 3. The molecule has 0 saturated carbocycles. The highest BCUT2D eigenvalue weighted by molar-refractivity contribution is 7.89. The first-order valence-corrected chi connectivity index (χ1v) is 5.39. The van der Waals surface area contributed by atoms with E-state index in [0.717, 1.165) is 12.1 Å². The van der Waals surface area contributed by atoms with Gasteiger partial charge in [-0.25, -0.2) is 17.9 Å². The van der Waals surface area contributed by atoms with Crippen LogP contribution in [0.2, 0.25) is 0 Å². The van der Waals surface area contributed by atoms with Crippen molar-refractivity contribution in [3.8, 4) is 11.5 Å². The predicted molar refractivity (Wildman–Crippen MR) is 50.9 cm³/mol. The zero-order valence-corrected chi connectivity index (χ0v) is 8.97. The summed E-state index contributed by atoms with van der Waals surface area (Å²) in [4.78, 5) is -0.414. The van der Waals surface area contributed by atoms with Crippen LogP contribution in [0, 0.1) is 5.82 Å². The van der Waals surface area contributed by atoms with Gasteiger partial charge in [0.15, 0.2) is 11.6 Å². The van der Waals surface area contributed by atoms with Crippen molar-refractivity contribution in [2.75, 3.05) is 14.2 Å². The van der Waals surface area contributed by atoms with Gasteiger partial charge in [0.25, 0.3) is 0 Å². The van der Waals surface area contributed by atoms with E-state index in [4.69, 9.17) is 9.88 Å². The lowest BCUT2D eigenvalue weighted by Crippen LogP contribution is -2.14. The maximum atomic E-state index is 13.2. The van der Waals surface area contributed by atoms with Crippen molar-refractivity contribution in [1.29, 1.82) is 0 Å². The van der Waals surface area contributed by atoms with Crippen LogP contribution in [0.25, 0.3) is 0 Å². The zero-order valence-electron chi connectivity index (χ0n) is 8.15. The van der Waals surface area contributed by atoms with Crippen molar-refractivity contribution < 1.29 is 22.3 Å². The second-order valence-electron chi connectivity index (χ2n) is 2.68. The van der Waals surface area contributed by atoms with E-state index in [9.17, 15) is 12.8 Å². The topological polar surface area (TPSA) is 78.6 Å². The SMILES string of the molecule is COc1cc(OC)c(S(N)(=O)=O)cc1F. The van der Waals surface area contributed by atoms with Gasteiger partial charge < -0.3 is 9.47 Å². The van der Waals surface area contributed by atoms with Gasteiger partial charge in [0.05, 0.1) is 14.2 Å². The fraction of sp³-hybridized carbons (Fsp3) is 0.250. The molecule has 0 fully saturated rings. The molecule has 0 amide bonds. The third-order valence-electron chi connectivity index (χ3n) is 1.74. The van der Waals surface area contributed by atoms with Gasteiger partial charge in [-0.1, -0.05) is 0 Å². The summed E-state index contributed by atoms with van der Waals surface area (Å²) < 4.78 is 44.7. The Morgan fingerprint density at radius 3 is 2.13 bits per heavy atom. The van der Waals surface area contributed by atoms with Gasteiger partial charge in [-0.2, -0.15) is 0 Å². The predicted octanol–water partition coefficient (Wildman–Crippen LogP) is 0.490. The molecule has 0 bridgehead atoms. The minimum absolute atomic E-state index is 0.0595. The fourth-order valence-electron chi connectivity index (χ4n) is 1.05. The third kappa shape index (κ3) is 2.37. The molecule has 0 aliphatic carbocycles. The minimum atomic E-state index is -4.01. The van der Waals surface area contributed by atoms with Crippen molar-refractivity contribution in [2.24, 2.45) is 5.14 Å². The highest BCUT2D eigenvalue weighted by atomic mass is 32.2. The summed E-state index contributed by atoms with van der Waals surface area (Å²) in [6.45, 7) is 0. The molecule has 0 aliphatic heterocycles. The molecule has 15 heavy (non-hydrogen) atoms. The van der Waals surface area contributed by atoms with Crippen molar-refractivity contribution in [3.63, 3.8) is 0 Å². The van der Waals surface area contributed by atoms with E-state index in [1.54, 1.807) is 0 Å². The number of halogens is 1. The molecule has 1 aromatic rings. The number of benzene rings is 1. The van der Waals surface area contributed by atoms with Crippen LogP contribution < -0.4 is 14.6 Å². The minimum Gasteiger partial charge on any atom is -0.495 e. The Hall–Kier alpha value is -1.34. The van der Waals surface area contributed by atoms with Gasteiger partial charge in [-0.15, -0.1) is 0 Å². The Labute approximate surface area is 86.7 Å². The molecule has 0 aliphatic rings. The molecule has 0 unspecified atom stereocenters. The first-order valence-electron chi connectivity index (χ1n) is 3.84. The summed E-state index contributed by atoms with van der Waals surface area (Å²) in [6, 6.07) is 1.88. The normalized spacial score (nSPS) is 11.2. The third-order valence-corrected chi connectivity index (χ3v) is 2.68. The molecule has 1 rings (SSSR count). The largest absolute Gasteiger partial charge is 0.495 e. The molecule has 0 aromatic heterocycles. The van der Waals surface area contributed by atoms with E-state index in [1.165, 1.54) is 14.2 Å². The number of sulfonamides is 1. The monoisotopic (exact) mass is 235 g/mol. The van der Waals surface area contributed by atoms with E-state index >= 15 is 0 Å². The van der Waals surface area contributed by atoms with E-state index in [2.05, 4.69) is 4.74 Å². The number of primary sulfonamides is 1. The summed E-state index contributed by atoms with van der Waals surface area (Å²) in [7, 11) is -1.50. The van der Waals surface area contributed by atoms with Crippen LogP contribution in [0.1, 0.15) is 0 Å². The lowest BCUT2D eigenvalue weighted by Gasteiger charge is -2.09. The zero-order chi connectivity index (χ0) is 11.6. The summed E-state index contributed by atoms with van der Waals surface area (Å²) in [5.74, 6) is -0.989. The van der Waals surface area contributed by atoms with Crippen LogP contribution in [0.4, 0.5) is 4.39 Å². The molecule has 0 atom stereocenters. The van der Waals surface area contributed by atoms with Gasteiger partial charge in [0, 0.05) is 12.1 Å². The van der Waals surface area contributed by atoms with Crippen molar-refractivity contribution in [3.05, 3.63) is 17.9 Å². The Morgan fingerprint density at radius 1 is 1.20 bits per heavy atom. The van der Waals surface area contributed by atoms with Crippen LogP contribution in [0.3, 0.4) is 0 Å². The summed E-state index contributed by atoms with van der Waals surface area (Å²) in [5, 5.41) is 4.88. The van der Waals surface area contributed by atoms with E-state index in [0.29, 0.717) is 0 Å². The highest BCUT2D eigenvalue weighted by Gasteiger charge is 2.19. The molecule has 1 aromatic carbocycles. The maximum Gasteiger partial charge on any atom is 0.241 e. The molecular weight excluding hydrogens is 225 g/mol. The smallest absolute Gasteiger partial charge is 0.241 e. The van der Waals surface area contributed by atoms with E-state index in [-0.39, 0.29) is 11.5 Å². The maximum absolute atomic E-state index is 13.2. The van der Waals surface area contributed by atoms with Gasteiger partial charge in [-0.3, -0.25) is 0 Å². The van der Waals surface area contributed by atoms with E-state index in [1.807, 2.05) is 0 Å². The second kappa shape index (κ2) is 4.03. The lowest BCUT2D eigenvalue weighted by atomic mass is 10.3. The van der Waals surface area contributed by atoms with E-state index < -0.39 is 20.7 Å². The Morgan fingerprint density at radius 2 is 1.73 bits per heavy atom. The van der Waals surface area contributed by atoms with Crippen molar-refractivity contribution >= 4 is 10.0 Å². The first kappa shape index (κ1) is 11.7. The Bertz CT molecular complexity index is 472. The Balaban J connectivity index is 3.48. The number of nitrogens with two attached hydrogens (primary N) is 1. The van der Waals surface area contributed by atoms with Gasteiger partial charge in [0.2, 0.25) is 10.0 Å². The van der Waals surface area contributed by atoms with Gasteiger partial charge in [-0.05, 0) is 0 Å². The summed E-state index contributed by atoms with van der Waals surface area (Å²) in [5.41, 5.74) is 0. The number of ether oxygens (including phenoxy) is 2. The van der Waals surface area contributed by atoms with Gasteiger partial charge in [0.1, 0.15) is 10.6 Å². The first-order chi connectivity index (χ1) is 6.90. The average Bonchev–Trinajstić information content (AvgIpc) is 2.16. The lowest BCUT2D eigenvalue weighted by molar-refractivity contribution is 0.367. The molecule has 7 heteroatoms. The fourth-order valence-corrected chi connectivity index (χ4v) is 1.75. The number of methoxy groups -OCH3 is 2. The number of hydrogen-bond donors (Lipinski definition) is 1. The van der Waals surface area contributed by atoms with Crippen molar-refractivity contribution in [1.82, 2.24) is 0 Å². The standard InChI is InChI=1S/C8H10FNO4S/c1-13-6-4-7(14-2)8(3-5(6)9)15(10,11)12/h3-4H,1-2H3,(H2,10,11,12). The quantitative estimate of drug-likeness (QED) is 0.827. The highest BCUT2D eigenvalue weighted by Crippen LogP contribution is 2.30. The number of hydrogen-bond acceptors (Lipinski definition) is 4. The molecule has 0 radical (unpaired) electrons.